The summed E-state index contributed by atoms with van der Waals surface area (Å²) in [5, 5.41) is 0. The van der Waals surface area contributed by atoms with E-state index in [-0.39, 0.29) is 12.2 Å². The van der Waals surface area contributed by atoms with Gasteiger partial charge in [-0.25, -0.2) is 0 Å². The number of aliphatic imine (C=N–C) groups is 1. The van der Waals surface area contributed by atoms with Crippen molar-refractivity contribution in [2.75, 3.05) is 0 Å². The summed E-state index contributed by atoms with van der Waals surface area (Å²) in [6.45, 7) is -0.0343. The van der Waals surface area contributed by atoms with Crippen LogP contribution >= 0.6 is 15.9 Å². The zero-order valence-electron chi connectivity index (χ0n) is 10.2. The Morgan fingerprint density at radius 1 is 1.10 bits per heavy atom. The topological polar surface area (TPSA) is 25.2 Å². The lowest BCUT2D eigenvalue weighted by molar-refractivity contribution is -0.0584. The van der Waals surface area contributed by atoms with Crippen LogP contribution in [0, 0.1) is 0 Å². The quantitative estimate of drug-likeness (QED) is 0.759. The van der Waals surface area contributed by atoms with E-state index >= 15 is 0 Å². The third kappa shape index (κ3) is 3.90. The Morgan fingerprint density at radius 2 is 1.80 bits per heavy atom. The molecule has 0 saturated carbocycles. The van der Waals surface area contributed by atoms with Crippen LogP contribution in [0.1, 0.15) is 11.3 Å². The highest BCUT2D eigenvalue weighted by Crippen LogP contribution is 2.23. The molecule has 0 N–H and O–H groups in total. The van der Waals surface area contributed by atoms with E-state index in [0.29, 0.717) is 10.0 Å². The second-order valence-corrected chi connectivity index (χ2v) is 4.93. The van der Waals surface area contributed by atoms with Crippen molar-refractivity contribution in [3.63, 3.8) is 0 Å². The smallest absolute Gasteiger partial charge is 0.274 e. The lowest BCUT2D eigenvalue weighted by Crippen LogP contribution is -2.25. The molecule has 0 saturated heterocycles. The molecule has 2 aromatic rings. The predicted molar refractivity (Wildman–Crippen MR) is 74.7 cm³/mol. The van der Waals surface area contributed by atoms with E-state index in [2.05, 4.69) is 25.9 Å². The van der Waals surface area contributed by atoms with E-state index in [1.165, 1.54) is 18.3 Å². The lowest BCUT2D eigenvalue weighted by Gasteiger charge is -2.10. The first-order chi connectivity index (χ1) is 9.47. The Bertz CT molecular complexity index is 592. The van der Waals surface area contributed by atoms with E-state index in [4.69, 9.17) is 0 Å². The van der Waals surface area contributed by atoms with Crippen LogP contribution in [0.5, 0.6) is 0 Å². The van der Waals surface area contributed by atoms with E-state index in [1.54, 1.807) is 30.3 Å². The number of aromatic nitrogens is 1. The number of halogens is 4. The van der Waals surface area contributed by atoms with Crippen molar-refractivity contribution in [1.82, 2.24) is 4.98 Å². The minimum atomic E-state index is -4.53. The summed E-state index contributed by atoms with van der Waals surface area (Å²) in [6, 6.07) is 11.6. The Balaban J connectivity index is 2.31. The summed E-state index contributed by atoms with van der Waals surface area (Å²) in [7, 11) is 0. The van der Waals surface area contributed by atoms with Crippen LogP contribution < -0.4 is 0 Å². The highest BCUT2D eigenvalue weighted by atomic mass is 79.9. The van der Waals surface area contributed by atoms with Crippen molar-refractivity contribution in [3.8, 4) is 0 Å². The molecule has 0 bridgehead atoms. The van der Waals surface area contributed by atoms with Gasteiger partial charge in [0.15, 0.2) is 5.71 Å². The fraction of sp³-hybridized carbons (Fsp3) is 0.143. The Morgan fingerprint density at radius 3 is 2.35 bits per heavy atom. The highest BCUT2D eigenvalue weighted by Gasteiger charge is 2.37. The van der Waals surface area contributed by atoms with Gasteiger partial charge in [-0.15, -0.1) is 0 Å². The number of hydrogen-bond acceptors (Lipinski definition) is 2. The molecular weight excluding hydrogens is 333 g/mol. The minimum absolute atomic E-state index is 0.0343. The van der Waals surface area contributed by atoms with Crippen LogP contribution in [0.25, 0.3) is 0 Å². The molecular formula is C14H10BrF3N2. The van der Waals surface area contributed by atoms with E-state index < -0.39 is 11.9 Å². The molecule has 0 aliphatic rings. The molecule has 1 aromatic carbocycles. The molecule has 2 nitrogen and oxygen atoms in total. The number of rotatable bonds is 3. The summed E-state index contributed by atoms with van der Waals surface area (Å²) >= 11 is 3.14. The van der Waals surface area contributed by atoms with Crippen molar-refractivity contribution in [2.45, 2.75) is 12.7 Å². The lowest BCUT2D eigenvalue weighted by atomic mass is 10.2. The molecule has 2 rings (SSSR count). The molecule has 0 aliphatic heterocycles. The molecule has 20 heavy (non-hydrogen) atoms. The third-order valence-electron chi connectivity index (χ3n) is 2.50. The van der Waals surface area contributed by atoms with Gasteiger partial charge in [0.05, 0.1) is 12.2 Å². The Kier molecular flexibility index (Phi) is 4.54. The number of alkyl halides is 3. The second kappa shape index (κ2) is 6.17. The van der Waals surface area contributed by atoms with Crippen LogP contribution in [0.2, 0.25) is 0 Å². The largest absolute Gasteiger partial charge is 0.435 e. The van der Waals surface area contributed by atoms with Gasteiger partial charge < -0.3 is 0 Å². The molecule has 6 heteroatoms. The van der Waals surface area contributed by atoms with Crippen LogP contribution in [-0.4, -0.2) is 16.9 Å². The van der Waals surface area contributed by atoms with Crippen molar-refractivity contribution >= 4 is 21.6 Å². The van der Waals surface area contributed by atoms with Crippen molar-refractivity contribution in [1.29, 1.82) is 0 Å². The van der Waals surface area contributed by atoms with Crippen LogP contribution in [-0.2, 0) is 6.54 Å². The Hall–Kier alpha value is -1.69. The fourth-order valence-electron chi connectivity index (χ4n) is 1.59. The monoisotopic (exact) mass is 342 g/mol. The first-order valence-corrected chi connectivity index (χ1v) is 6.53. The summed E-state index contributed by atoms with van der Waals surface area (Å²) in [5.41, 5.74) is -0.433. The van der Waals surface area contributed by atoms with Gasteiger partial charge in [-0.05, 0) is 33.6 Å². The zero-order valence-corrected chi connectivity index (χ0v) is 11.8. The summed E-state index contributed by atoms with van der Waals surface area (Å²) in [4.78, 5) is 7.44. The standard InChI is InChI=1S/C14H10BrF3N2/c15-11-6-7-12(19-9-11)13(14(16,17)18)20-8-10-4-2-1-3-5-10/h1-7,9H,8H2/b20-13-. The average molecular weight is 343 g/mol. The van der Waals surface area contributed by atoms with Crippen molar-refractivity contribution in [2.24, 2.45) is 4.99 Å². The Labute approximate surface area is 122 Å². The van der Waals surface area contributed by atoms with Gasteiger partial charge in [0, 0.05) is 10.7 Å². The molecule has 1 aromatic heterocycles. The molecule has 0 unspecified atom stereocenters. The number of nitrogens with zero attached hydrogens (tertiary/aromatic N) is 2. The molecule has 0 radical (unpaired) electrons. The van der Waals surface area contributed by atoms with E-state index in [9.17, 15) is 13.2 Å². The second-order valence-electron chi connectivity index (χ2n) is 4.01. The highest BCUT2D eigenvalue weighted by molar-refractivity contribution is 9.10. The van der Waals surface area contributed by atoms with Gasteiger partial charge in [0.2, 0.25) is 0 Å². The first kappa shape index (κ1) is 14.7. The summed E-state index contributed by atoms with van der Waals surface area (Å²) in [5.74, 6) is 0. The van der Waals surface area contributed by atoms with Gasteiger partial charge in [-0.3, -0.25) is 9.98 Å². The van der Waals surface area contributed by atoms with E-state index in [1.807, 2.05) is 0 Å². The molecule has 104 valence electrons. The maximum Gasteiger partial charge on any atom is 0.435 e. The SMILES string of the molecule is FC(F)(F)/C(=N\Cc1ccccc1)c1ccc(Br)cn1. The third-order valence-corrected chi connectivity index (χ3v) is 2.97. The first-order valence-electron chi connectivity index (χ1n) is 5.74. The van der Waals surface area contributed by atoms with Gasteiger partial charge >= 0.3 is 6.18 Å². The summed E-state index contributed by atoms with van der Waals surface area (Å²) in [6.07, 6.45) is -3.21. The predicted octanol–water partition coefficient (Wildman–Crippen LogP) is 4.40. The normalized spacial score (nSPS) is 12.5. The molecule has 0 amide bonds. The maximum absolute atomic E-state index is 13.0. The minimum Gasteiger partial charge on any atom is -0.274 e. The molecule has 1 heterocycles. The molecule has 0 spiro atoms. The van der Waals surface area contributed by atoms with Gasteiger partial charge in [-0.2, -0.15) is 13.2 Å². The fourth-order valence-corrected chi connectivity index (χ4v) is 1.82. The van der Waals surface area contributed by atoms with Crippen LogP contribution in [0.3, 0.4) is 0 Å². The average Bonchev–Trinajstić information content (AvgIpc) is 2.41. The van der Waals surface area contributed by atoms with Crippen molar-refractivity contribution < 1.29 is 13.2 Å². The van der Waals surface area contributed by atoms with E-state index in [0.717, 1.165) is 0 Å². The van der Waals surface area contributed by atoms with Gasteiger partial charge in [0.1, 0.15) is 0 Å². The number of hydrogen-bond donors (Lipinski definition) is 0. The summed E-state index contributed by atoms with van der Waals surface area (Å²) < 4.78 is 39.7. The van der Waals surface area contributed by atoms with Gasteiger partial charge in [-0.1, -0.05) is 30.3 Å². The molecule has 0 aliphatic carbocycles. The molecule has 0 atom stereocenters. The molecule has 0 fully saturated rings. The number of pyridine rings is 1. The maximum atomic E-state index is 13.0. The number of benzene rings is 1. The zero-order chi connectivity index (χ0) is 14.6. The van der Waals surface area contributed by atoms with Gasteiger partial charge in [0.25, 0.3) is 0 Å². The van der Waals surface area contributed by atoms with Crippen LogP contribution in [0.15, 0.2) is 58.1 Å². The van der Waals surface area contributed by atoms with Crippen molar-refractivity contribution in [3.05, 3.63) is 64.4 Å². The van der Waals surface area contributed by atoms with Crippen LogP contribution in [0.4, 0.5) is 13.2 Å².